The van der Waals surface area contributed by atoms with Crippen LogP contribution in [0.3, 0.4) is 0 Å². The van der Waals surface area contributed by atoms with Crippen LogP contribution in [0.25, 0.3) is 0 Å². The van der Waals surface area contributed by atoms with Crippen molar-refractivity contribution in [1.29, 1.82) is 0 Å². The zero-order chi connectivity index (χ0) is 24.3. The largest absolute Gasteiger partial charge is 0.457 e. The van der Waals surface area contributed by atoms with E-state index in [1.54, 1.807) is 60.7 Å². The summed E-state index contributed by atoms with van der Waals surface area (Å²) in [5, 5.41) is 2.93. The molecule has 0 bridgehead atoms. The van der Waals surface area contributed by atoms with Gasteiger partial charge < -0.3 is 10.1 Å². The number of anilines is 2. The lowest BCUT2D eigenvalue weighted by molar-refractivity contribution is 0.102. The van der Waals surface area contributed by atoms with E-state index in [0.29, 0.717) is 41.4 Å². The Kier molecular flexibility index (Phi) is 6.25. The molecule has 0 saturated heterocycles. The molecular weight excluding hydrogens is 460 g/mol. The van der Waals surface area contributed by atoms with Crippen LogP contribution in [0.5, 0.6) is 11.5 Å². The van der Waals surface area contributed by atoms with Gasteiger partial charge in [-0.05, 0) is 73.0 Å². The second-order valence-electron chi connectivity index (χ2n) is 8.20. The number of ether oxygens (including phenoxy) is 1. The van der Waals surface area contributed by atoms with E-state index in [2.05, 4.69) is 5.32 Å². The molecule has 0 atom stereocenters. The Balaban J connectivity index is 1.39. The van der Waals surface area contributed by atoms with Gasteiger partial charge in [-0.15, -0.1) is 0 Å². The molecule has 6 nitrogen and oxygen atoms in total. The number of rotatable bonds is 6. The SMILES string of the molecule is O=C(Nc1ccc2c(c1)CCCN2S(=O)(=O)c1ccccc1)c1ccccc1Oc1ccccc1. The van der Waals surface area contributed by atoms with E-state index in [4.69, 9.17) is 4.74 Å². The summed E-state index contributed by atoms with van der Waals surface area (Å²) in [4.78, 5) is 13.4. The molecule has 1 heterocycles. The highest BCUT2D eigenvalue weighted by Gasteiger charge is 2.29. The van der Waals surface area contributed by atoms with Crippen LogP contribution in [-0.4, -0.2) is 20.9 Å². The fourth-order valence-corrected chi connectivity index (χ4v) is 5.73. The maximum absolute atomic E-state index is 13.2. The molecule has 176 valence electrons. The number of fused-ring (bicyclic) bond motifs is 1. The second kappa shape index (κ2) is 9.64. The lowest BCUT2D eigenvalue weighted by atomic mass is 10.0. The molecule has 4 aromatic carbocycles. The summed E-state index contributed by atoms with van der Waals surface area (Å²) in [6.45, 7) is 0.417. The first-order valence-corrected chi connectivity index (χ1v) is 12.8. The van der Waals surface area contributed by atoms with Crippen LogP contribution < -0.4 is 14.4 Å². The maximum atomic E-state index is 13.2. The number of nitrogens with zero attached hydrogens (tertiary/aromatic N) is 1. The Morgan fingerprint density at radius 2 is 1.51 bits per heavy atom. The zero-order valence-corrected chi connectivity index (χ0v) is 19.7. The summed E-state index contributed by atoms with van der Waals surface area (Å²) in [6, 6.07) is 30.1. The monoisotopic (exact) mass is 484 g/mol. The van der Waals surface area contributed by atoms with Crippen LogP contribution in [0.15, 0.2) is 108 Å². The molecule has 1 N–H and O–H groups in total. The Labute approximate surface area is 204 Å². The van der Waals surface area contributed by atoms with Crippen molar-refractivity contribution in [3.63, 3.8) is 0 Å². The quantitative estimate of drug-likeness (QED) is 0.371. The van der Waals surface area contributed by atoms with Gasteiger partial charge in [-0.1, -0.05) is 48.5 Å². The first kappa shape index (κ1) is 22.7. The molecule has 35 heavy (non-hydrogen) atoms. The minimum absolute atomic E-state index is 0.264. The minimum Gasteiger partial charge on any atom is -0.457 e. The summed E-state index contributed by atoms with van der Waals surface area (Å²) in [6.07, 6.45) is 1.43. The summed E-state index contributed by atoms with van der Waals surface area (Å²) in [5.74, 6) is 0.789. The molecule has 0 unspecified atom stereocenters. The predicted molar refractivity (Wildman–Crippen MR) is 137 cm³/mol. The molecule has 1 aliphatic rings. The molecule has 1 amide bonds. The van der Waals surface area contributed by atoms with Gasteiger partial charge in [0.05, 0.1) is 16.1 Å². The number of benzene rings is 4. The standard InChI is InChI=1S/C28H24N2O4S/c31-28(25-15-7-8-16-27(25)34-23-11-3-1-4-12-23)29-22-17-18-26-21(20-22)10-9-19-30(26)35(32,33)24-13-5-2-6-14-24/h1-8,11-18,20H,9-10,19H2,(H,29,31). The van der Waals surface area contributed by atoms with Crippen LogP contribution >= 0.6 is 0 Å². The summed E-state index contributed by atoms with van der Waals surface area (Å²) in [7, 11) is -3.66. The van der Waals surface area contributed by atoms with Crippen LogP contribution in [0.2, 0.25) is 0 Å². The molecule has 0 radical (unpaired) electrons. The molecule has 0 spiro atoms. The fraction of sp³-hybridized carbons (Fsp3) is 0.107. The number of amides is 1. The highest BCUT2D eigenvalue weighted by Crippen LogP contribution is 2.34. The summed E-state index contributed by atoms with van der Waals surface area (Å²) < 4.78 is 33.8. The Morgan fingerprint density at radius 1 is 0.829 bits per heavy atom. The van der Waals surface area contributed by atoms with E-state index < -0.39 is 10.0 Å². The van der Waals surface area contributed by atoms with Crippen LogP contribution in [0.1, 0.15) is 22.3 Å². The molecular formula is C28H24N2O4S. The first-order chi connectivity index (χ1) is 17.0. The van der Waals surface area contributed by atoms with Gasteiger partial charge in [0.2, 0.25) is 0 Å². The van der Waals surface area contributed by atoms with Crippen molar-refractivity contribution in [2.24, 2.45) is 0 Å². The van der Waals surface area contributed by atoms with Gasteiger partial charge >= 0.3 is 0 Å². The predicted octanol–water partition coefficient (Wildman–Crippen LogP) is 5.87. The molecule has 5 rings (SSSR count). The van der Waals surface area contributed by atoms with E-state index in [1.165, 1.54) is 4.31 Å². The minimum atomic E-state index is -3.66. The van der Waals surface area contributed by atoms with Crippen LogP contribution in [-0.2, 0) is 16.4 Å². The van der Waals surface area contributed by atoms with Crippen LogP contribution in [0.4, 0.5) is 11.4 Å². The zero-order valence-electron chi connectivity index (χ0n) is 18.9. The Hall–Kier alpha value is -4.10. The van der Waals surface area contributed by atoms with Gasteiger partial charge in [-0.2, -0.15) is 0 Å². The van der Waals surface area contributed by atoms with Gasteiger partial charge in [0.1, 0.15) is 11.5 Å². The van der Waals surface area contributed by atoms with Crippen molar-refractivity contribution in [2.45, 2.75) is 17.7 Å². The van der Waals surface area contributed by atoms with Gasteiger partial charge in [0, 0.05) is 12.2 Å². The fourth-order valence-electron chi connectivity index (χ4n) is 4.17. The van der Waals surface area contributed by atoms with E-state index in [-0.39, 0.29) is 10.8 Å². The average molecular weight is 485 g/mol. The smallest absolute Gasteiger partial charge is 0.264 e. The van der Waals surface area contributed by atoms with Crippen molar-refractivity contribution >= 4 is 27.3 Å². The summed E-state index contributed by atoms with van der Waals surface area (Å²) >= 11 is 0. The number of nitrogens with one attached hydrogen (secondary N) is 1. The number of sulfonamides is 1. The number of carbonyl (C=O) groups is 1. The highest BCUT2D eigenvalue weighted by molar-refractivity contribution is 7.92. The number of hydrogen-bond acceptors (Lipinski definition) is 4. The topological polar surface area (TPSA) is 75.7 Å². The number of aryl methyl sites for hydroxylation is 1. The van der Waals surface area contributed by atoms with Crippen molar-refractivity contribution in [3.05, 3.63) is 114 Å². The van der Waals surface area contributed by atoms with Gasteiger partial charge in [0.15, 0.2) is 0 Å². The molecule has 0 saturated carbocycles. The van der Waals surface area contributed by atoms with Crippen molar-refractivity contribution in [2.75, 3.05) is 16.2 Å². The van der Waals surface area contributed by atoms with E-state index in [1.807, 2.05) is 42.5 Å². The normalized spacial score (nSPS) is 13.1. The number of para-hydroxylation sites is 2. The molecule has 0 aliphatic carbocycles. The number of carbonyl (C=O) groups excluding carboxylic acids is 1. The first-order valence-electron chi connectivity index (χ1n) is 11.4. The molecule has 1 aliphatic heterocycles. The van der Waals surface area contributed by atoms with Crippen LogP contribution in [0, 0.1) is 0 Å². The van der Waals surface area contributed by atoms with E-state index >= 15 is 0 Å². The third-order valence-corrected chi connectivity index (χ3v) is 7.67. The molecule has 0 aromatic heterocycles. The molecule has 7 heteroatoms. The van der Waals surface area contributed by atoms with Crippen molar-refractivity contribution < 1.29 is 17.9 Å². The van der Waals surface area contributed by atoms with Gasteiger partial charge in [0.25, 0.3) is 15.9 Å². The maximum Gasteiger partial charge on any atom is 0.264 e. The molecule has 4 aromatic rings. The van der Waals surface area contributed by atoms with Gasteiger partial charge in [-0.25, -0.2) is 8.42 Å². The summed E-state index contributed by atoms with van der Waals surface area (Å²) in [5.41, 5.74) is 2.53. The average Bonchev–Trinajstić information content (AvgIpc) is 2.89. The second-order valence-corrected chi connectivity index (χ2v) is 10.1. The van der Waals surface area contributed by atoms with E-state index in [0.717, 1.165) is 12.0 Å². The third kappa shape index (κ3) is 4.76. The van der Waals surface area contributed by atoms with Crippen molar-refractivity contribution in [3.8, 4) is 11.5 Å². The Bertz CT molecular complexity index is 1460. The highest BCUT2D eigenvalue weighted by atomic mass is 32.2. The third-order valence-electron chi connectivity index (χ3n) is 5.85. The lowest BCUT2D eigenvalue weighted by Gasteiger charge is -2.31. The Morgan fingerprint density at radius 3 is 2.29 bits per heavy atom. The van der Waals surface area contributed by atoms with E-state index in [9.17, 15) is 13.2 Å². The molecule has 0 fully saturated rings. The van der Waals surface area contributed by atoms with Crippen molar-refractivity contribution in [1.82, 2.24) is 0 Å². The number of hydrogen-bond donors (Lipinski definition) is 1. The lowest BCUT2D eigenvalue weighted by Crippen LogP contribution is -2.35. The van der Waals surface area contributed by atoms with Gasteiger partial charge in [-0.3, -0.25) is 9.10 Å².